The second-order valence-corrected chi connectivity index (χ2v) is 5.52. The van der Waals surface area contributed by atoms with Crippen molar-refractivity contribution < 1.29 is 14.1 Å². The molecule has 1 aliphatic heterocycles. The number of non-ortho nitro benzene ring substituents is 1. The Morgan fingerprint density at radius 1 is 1.30 bits per heavy atom. The van der Waals surface area contributed by atoms with E-state index in [0.717, 1.165) is 17.8 Å². The monoisotopic (exact) mass is 312 g/mol. The number of carbonyl (C=O) groups is 1. The molecular formula is C17H16N2O4. The Labute approximate surface area is 133 Å². The molecule has 6 heteroatoms. The molecule has 3 rings (SSSR count). The van der Waals surface area contributed by atoms with Crippen molar-refractivity contribution in [2.75, 3.05) is 13.1 Å². The molecule has 1 amide bonds. The molecule has 0 fully saturated rings. The van der Waals surface area contributed by atoms with Gasteiger partial charge in [-0.1, -0.05) is 11.6 Å². The van der Waals surface area contributed by atoms with Crippen LogP contribution in [0.15, 0.2) is 52.7 Å². The Bertz CT molecular complexity index is 778. The highest BCUT2D eigenvalue weighted by atomic mass is 16.6. The van der Waals surface area contributed by atoms with Gasteiger partial charge in [0, 0.05) is 36.4 Å². The highest BCUT2D eigenvalue weighted by Crippen LogP contribution is 2.28. The molecule has 0 atom stereocenters. The van der Waals surface area contributed by atoms with E-state index in [4.69, 9.17) is 4.42 Å². The van der Waals surface area contributed by atoms with Crippen LogP contribution >= 0.6 is 0 Å². The van der Waals surface area contributed by atoms with Gasteiger partial charge in [-0.3, -0.25) is 14.9 Å². The summed E-state index contributed by atoms with van der Waals surface area (Å²) in [5.41, 5.74) is 2.45. The number of nitrogens with zero attached hydrogens (tertiary/aromatic N) is 2. The van der Waals surface area contributed by atoms with Gasteiger partial charge < -0.3 is 9.32 Å². The Morgan fingerprint density at radius 3 is 2.83 bits per heavy atom. The summed E-state index contributed by atoms with van der Waals surface area (Å²) < 4.78 is 5.44. The van der Waals surface area contributed by atoms with Gasteiger partial charge in [-0.2, -0.15) is 0 Å². The van der Waals surface area contributed by atoms with E-state index < -0.39 is 4.92 Å². The predicted molar refractivity (Wildman–Crippen MR) is 84.9 cm³/mol. The summed E-state index contributed by atoms with van der Waals surface area (Å²) >= 11 is 0. The van der Waals surface area contributed by atoms with Crippen molar-refractivity contribution in [2.45, 2.75) is 13.3 Å². The maximum Gasteiger partial charge on any atom is 0.270 e. The van der Waals surface area contributed by atoms with Crippen molar-refractivity contribution in [1.82, 2.24) is 4.90 Å². The third-order valence-electron chi connectivity index (χ3n) is 4.03. The van der Waals surface area contributed by atoms with Crippen LogP contribution in [0.5, 0.6) is 0 Å². The summed E-state index contributed by atoms with van der Waals surface area (Å²) in [5.74, 6) is 0.560. The quantitative estimate of drug-likeness (QED) is 0.642. The molecule has 0 N–H and O–H groups in total. The third kappa shape index (κ3) is 3.01. The number of rotatable bonds is 3. The molecule has 0 saturated heterocycles. The molecule has 1 aromatic heterocycles. The number of nitro benzene ring substituents is 1. The first-order chi connectivity index (χ1) is 11.1. The van der Waals surface area contributed by atoms with Gasteiger partial charge in [0.25, 0.3) is 11.6 Å². The number of amides is 1. The van der Waals surface area contributed by atoms with E-state index in [0.29, 0.717) is 18.7 Å². The number of benzene rings is 1. The van der Waals surface area contributed by atoms with Gasteiger partial charge in [-0.25, -0.2) is 0 Å². The van der Waals surface area contributed by atoms with E-state index in [-0.39, 0.29) is 11.6 Å². The molecule has 0 bridgehead atoms. The van der Waals surface area contributed by atoms with Crippen LogP contribution in [0.3, 0.4) is 0 Å². The number of hydrogen-bond acceptors (Lipinski definition) is 4. The number of nitro groups is 1. The molecule has 0 saturated carbocycles. The Morgan fingerprint density at radius 2 is 2.13 bits per heavy atom. The van der Waals surface area contributed by atoms with Crippen LogP contribution < -0.4 is 0 Å². The SMILES string of the molecule is CC1=C(c2ccco2)CN(C(=O)c2cccc([N+](=O)[O-])c2)CC1. The first kappa shape index (κ1) is 15.0. The first-order valence-electron chi connectivity index (χ1n) is 7.32. The third-order valence-corrected chi connectivity index (χ3v) is 4.03. The van der Waals surface area contributed by atoms with Gasteiger partial charge in [0.1, 0.15) is 5.76 Å². The van der Waals surface area contributed by atoms with Crippen LogP contribution in [-0.4, -0.2) is 28.8 Å². The molecule has 0 spiro atoms. The summed E-state index contributed by atoms with van der Waals surface area (Å²) in [5, 5.41) is 10.9. The van der Waals surface area contributed by atoms with Crippen LogP contribution in [0.2, 0.25) is 0 Å². The number of hydrogen-bond donors (Lipinski definition) is 0. The Balaban J connectivity index is 1.84. The zero-order valence-electron chi connectivity index (χ0n) is 12.7. The van der Waals surface area contributed by atoms with Gasteiger partial charge in [0.15, 0.2) is 0 Å². The number of carbonyl (C=O) groups excluding carboxylic acids is 1. The first-order valence-corrected chi connectivity index (χ1v) is 7.32. The maximum absolute atomic E-state index is 12.6. The summed E-state index contributed by atoms with van der Waals surface area (Å²) in [6, 6.07) is 9.53. The van der Waals surface area contributed by atoms with E-state index in [9.17, 15) is 14.9 Å². The predicted octanol–water partition coefficient (Wildman–Crippen LogP) is 3.51. The van der Waals surface area contributed by atoms with E-state index in [1.54, 1.807) is 17.2 Å². The highest BCUT2D eigenvalue weighted by molar-refractivity contribution is 5.96. The zero-order valence-corrected chi connectivity index (χ0v) is 12.7. The molecule has 0 aliphatic carbocycles. The van der Waals surface area contributed by atoms with Crippen molar-refractivity contribution in [3.63, 3.8) is 0 Å². The lowest BCUT2D eigenvalue weighted by Crippen LogP contribution is -2.36. The van der Waals surface area contributed by atoms with Crippen molar-refractivity contribution in [3.05, 3.63) is 69.7 Å². The van der Waals surface area contributed by atoms with Crippen LogP contribution in [0, 0.1) is 10.1 Å². The lowest BCUT2D eigenvalue weighted by molar-refractivity contribution is -0.384. The topological polar surface area (TPSA) is 76.6 Å². The van der Waals surface area contributed by atoms with Gasteiger partial charge in [-0.15, -0.1) is 0 Å². The normalized spacial score (nSPS) is 14.9. The van der Waals surface area contributed by atoms with Gasteiger partial charge in [-0.05, 0) is 31.5 Å². The minimum Gasteiger partial charge on any atom is -0.465 e. The van der Waals surface area contributed by atoms with Gasteiger partial charge in [0.05, 0.1) is 11.2 Å². The number of furan rings is 1. The summed E-state index contributed by atoms with van der Waals surface area (Å²) in [6.07, 6.45) is 2.37. The summed E-state index contributed by atoms with van der Waals surface area (Å²) in [7, 11) is 0. The molecule has 1 aliphatic rings. The van der Waals surface area contributed by atoms with Crippen molar-refractivity contribution in [2.24, 2.45) is 0 Å². The molecule has 2 aromatic rings. The van der Waals surface area contributed by atoms with E-state index in [1.165, 1.54) is 23.8 Å². The molecule has 23 heavy (non-hydrogen) atoms. The fourth-order valence-electron chi connectivity index (χ4n) is 2.71. The van der Waals surface area contributed by atoms with E-state index in [1.807, 2.05) is 19.1 Å². The average molecular weight is 312 g/mol. The van der Waals surface area contributed by atoms with Gasteiger partial charge in [0.2, 0.25) is 0 Å². The van der Waals surface area contributed by atoms with Crippen molar-refractivity contribution in [1.29, 1.82) is 0 Å². The second-order valence-electron chi connectivity index (χ2n) is 5.52. The van der Waals surface area contributed by atoms with Crippen LogP contribution in [0.4, 0.5) is 5.69 Å². The molecule has 1 aromatic carbocycles. The second kappa shape index (κ2) is 6.08. The van der Waals surface area contributed by atoms with Gasteiger partial charge >= 0.3 is 0 Å². The summed E-state index contributed by atoms with van der Waals surface area (Å²) in [4.78, 5) is 24.7. The largest absolute Gasteiger partial charge is 0.465 e. The molecule has 0 unspecified atom stereocenters. The Kier molecular flexibility index (Phi) is 3.97. The summed E-state index contributed by atoms with van der Waals surface area (Å²) in [6.45, 7) is 3.07. The van der Waals surface area contributed by atoms with Crippen LogP contribution in [0.1, 0.15) is 29.5 Å². The zero-order chi connectivity index (χ0) is 16.4. The Hall–Kier alpha value is -2.89. The van der Waals surface area contributed by atoms with Crippen LogP contribution in [0.25, 0.3) is 5.57 Å². The van der Waals surface area contributed by atoms with Crippen LogP contribution in [-0.2, 0) is 0 Å². The lowest BCUT2D eigenvalue weighted by Gasteiger charge is -2.29. The molecular weight excluding hydrogens is 296 g/mol. The molecule has 6 nitrogen and oxygen atoms in total. The molecule has 0 radical (unpaired) electrons. The minimum absolute atomic E-state index is 0.0779. The fraction of sp³-hybridized carbons (Fsp3) is 0.235. The standard InChI is InChI=1S/C17H16N2O4/c1-12-7-8-18(11-15(12)16-6-3-9-23-16)17(20)13-4-2-5-14(10-13)19(21)22/h2-6,9-10H,7-8,11H2,1H3. The average Bonchev–Trinajstić information content (AvgIpc) is 3.09. The van der Waals surface area contributed by atoms with Crippen molar-refractivity contribution in [3.8, 4) is 0 Å². The van der Waals surface area contributed by atoms with E-state index >= 15 is 0 Å². The molecule has 2 heterocycles. The lowest BCUT2D eigenvalue weighted by atomic mass is 9.98. The smallest absolute Gasteiger partial charge is 0.270 e. The van der Waals surface area contributed by atoms with E-state index in [2.05, 4.69) is 0 Å². The molecule has 118 valence electrons. The minimum atomic E-state index is -0.495. The highest BCUT2D eigenvalue weighted by Gasteiger charge is 2.25. The maximum atomic E-state index is 12.6. The fourth-order valence-corrected chi connectivity index (χ4v) is 2.71. The van der Waals surface area contributed by atoms with Crippen molar-refractivity contribution >= 4 is 17.2 Å².